The Kier molecular flexibility index (Phi) is 7.22. The van der Waals surface area contributed by atoms with Gasteiger partial charge in [-0.2, -0.15) is 0 Å². The van der Waals surface area contributed by atoms with Gasteiger partial charge in [-0.1, -0.05) is 0 Å². The molecule has 19 heavy (non-hydrogen) atoms. The van der Waals surface area contributed by atoms with E-state index >= 15 is 0 Å². The summed E-state index contributed by atoms with van der Waals surface area (Å²) in [6.07, 6.45) is 4.09. The van der Waals surface area contributed by atoms with E-state index in [1.54, 1.807) is 26.5 Å². The third-order valence-electron chi connectivity index (χ3n) is 2.87. The van der Waals surface area contributed by atoms with E-state index in [1.165, 1.54) is 6.42 Å². The minimum absolute atomic E-state index is 0.697. The molecule has 108 valence electrons. The van der Waals surface area contributed by atoms with Crippen molar-refractivity contribution in [1.82, 2.24) is 15.2 Å². The normalized spacial score (nSPS) is 10.8. The fourth-order valence-electron chi connectivity index (χ4n) is 1.86. The topological polar surface area (TPSA) is 46.6 Å². The summed E-state index contributed by atoms with van der Waals surface area (Å²) >= 11 is 0. The molecule has 5 nitrogen and oxygen atoms in total. The summed E-state index contributed by atoms with van der Waals surface area (Å²) in [4.78, 5) is 6.53. The monoisotopic (exact) mass is 267 g/mol. The second-order valence-electron chi connectivity index (χ2n) is 4.68. The van der Waals surface area contributed by atoms with E-state index in [-0.39, 0.29) is 0 Å². The highest BCUT2D eigenvalue weighted by Gasteiger charge is 2.10. The lowest BCUT2D eigenvalue weighted by molar-refractivity contribution is 0.348. The summed E-state index contributed by atoms with van der Waals surface area (Å²) in [6.45, 7) is 2.81. The molecular weight excluding hydrogens is 242 g/mol. The molecule has 0 saturated heterocycles. The number of nitrogens with one attached hydrogen (secondary N) is 1. The number of rotatable bonds is 9. The lowest BCUT2D eigenvalue weighted by Gasteiger charge is -2.12. The molecule has 0 saturated carbocycles. The SMILES string of the molecule is COc1ccnc(CNCCCCN(C)C)c1OC. The van der Waals surface area contributed by atoms with Gasteiger partial charge in [0.05, 0.1) is 19.9 Å². The molecule has 0 amide bonds. The van der Waals surface area contributed by atoms with Gasteiger partial charge in [-0.05, 0) is 40.0 Å². The lowest BCUT2D eigenvalue weighted by atomic mass is 10.2. The van der Waals surface area contributed by atoms with Gasteiger partial charge in [0.25, 0.3) is 0 Å². The summed E-state index contributed by atoms with van der Waals surface area (Å²) in [5, 5.41) is 3.38. The van der Waals surface area contributed by atoms with Crippen LogP contribution in [0.25, 0.3) is 0 Å². The Hall–Kier alpha value is -1.33. The van der Waals surface area contributed by atoms with Crippen molar-refractivity contribution in [2.24, 2.45) is 0 Å². The maximum Gasteiger partial charge on any atom is 0.183 e. The van der Waals surface area contributed by atoms with Crippen LogP contribution in [0.4, 0.5) is 0 Å². The number of nitrogens with zero attached hydrogens (tertiary/aromatic N) is 2. The highest BCUT2D eigenvalue weighted by Crippen LogP contribution is 2.28. The van der Waals surface area contributed by atoms with E-state index < -0.39 is 0 Å². The van der Waals surface area contributed by atoms with Crippen LogP contribution in [0.1, 0.15) is 18.5 Å². The van der Waals surface area contributed by atoms with E-state index in [4.69, 9.17) is 9.47 Å². The zero-order valence-corrected chi connectivity index (χ0v) is 12.4. The van der Waals surface area contributed by atoms with E-state index in [1.807, 2.05) is 0 Å². The molecule has 0 aliphatic heterocycles. The molecule has 0 atom stereocenters. The number of ether oxygens (including phenoxy) is 2. The van der Waals surface area contributed by atoms with Crippen molar-refractivity contribution in [1.29, 1.82) is 0 Å². The smallest absolute Gasteiger partial charge is 0.183 e. The van der Waals surface area contributed by atoms with Crippen LogP contribution >= 0.6 is 0 Å². The van der Waals surface area contributed by atoms with Crippen molar-refractivity contribution in [2.75, 3.05) is 41.4 Å². The number of aromatic nitrogens is 1. The molecule has 1 N–H and O–H groups in total. The average molecular weight is 267 g/mol. The predicted octanol–water partition coefficient (Wildman–Crippen LogP) is 1.53. The molecule has 1 aromatic heterocycles. The fourth-order valence-corrected chi connectivity index (χ4v) is 1.86. The van der Waals surface area contributed by atoms with Crippen LogP contribution in [0.3, 0.4) is 0 Å². The maximum absolute atomic E-state index is 5.34. The summed E-state index contributed by atoms with van der Waals surface area (Å²) in [7, 11) is 7.47. The first-order valence-electron chi connectivity index (χ1n) is 6.60. The van der Waals surface area contributed by atoms with Crippen LogP contribution in [0, 0.1) is 0 Å². The van der Waals surface area contributed by atoms with Crippen molar-refractivity contribution < 1.29 is 9.47 Å². The molecule has 0 aliphatic carbocycles. The highest BCUT2D eigenvalue weighted by molar-refractivity contribution is 5.42. The van der Waals surface area contributed by atoms with Crippen molar-refractivity contribution in [2.45, 2.75) is 19.4 Å². The summed E-state index contributed by atoms with van der Waals surface area (Å²) in [5.41, 5.74) is 0.884. The van der Waals surface area contributed by atoms with Gasteiger partial charge in [0.2, 0.25) is 0 Å². The Labute approximate surface area is 115 Å². The zero-order valence-electron chi connectivity index (χ0n) is 12.4. The second-order valence-corrected chi connectivity index (χ2v) is 4.68. The van der Waals surface area contributed by atoms with Crippen LogP contribution in [-0.4, -0.2) is 51.3 Å². The number of methoxy groups -OCH3 is 2. The Morgan fingerprint density at radius 3 is 2.63 bits per heavy atom. The van der Waals surface area contributed by atoms with Gasteiger partial charge < -0.3 is 19.7 Å². The molecule has 0 unspecified atom stereocenters. The van der Waals surface area contributed by atoms with Crippen LogP contribution in [-0.2, 0) is 6.54 Å². The third kappa shape index (κ3) is 5.44. The Balaban J connectivity index is 2.37. The third-order valence-corrected chi connectivity index (χ3v) is 2.87. The molecule has 0 radical (unpaired) electrons. The first kappa shape index (κ1) is 15.7. The Morgan fingerprint density at radius 1 is 1.21 bits per heavy atom. The maximum atomic E-state index is 5.34. The molecule has 0 spiro atoms. The standard InChI is InChI=1S/C14H25N3O2/c1-17(2)10-6-5-8-15-11-12-14(19-4)13(18-3)7-9-16-12/h7,9,15H,5-6,8,10-11H2,1-4H3. The van der Waals surface area contributed by atoms with Gasteiger partial charge in [-0.15, -0.1) is 0 Å². The van der Waals surface area contributed by atoms with Gasteiger partial charge in [-0.3, -0.25) is 4.98 Å². The largest absolute Gasteiger partial charge is 0.493 e. The minimum Gasteiger partial charge on any atom is -0.493 e. The van der Waals surface area contributed by atoms with Crippen LogP contribution < -0.4 is 14.8 Å². The molecule has 0 aliphatic rings. The first-order valence-corrected chi connectivity index (χ1v) is 6.60. The lowest BCUT2D eigenvalue weighted by Crippen LogP contribution is -2.19. The molecule has 1 aromatic rings. The summed E-state index contributed by atoms with van der Waals surface area (Å²) in [5.74, 6) is 1.44. The quantitative estimate of drug-likeness (QED) is 0.688. The number of unbranched alkanes of at least 4 members (excludes halogenated alkanes) is 1. The first-order chi connectivity index (χ1) is 9.19. The molecule has 0 bridgehead atoms. The molecular formula is C14H25N3O2. The van der Waals surface area contributed by atoms with Gasteiger partial charge >= 0.3 is 0 Å². The van der Waals surface area contributed by atoms with Crippen molar-refractivity contribution in [3.05, 3.63) is 18.0 Å². The highest BCUT2D eigenvalue weighted by atomic mass is 16.5. The van der Waals surface area contributed by atoms with Crippen molar-refractivity contribution >= 4 is 0 Å². The predicted molar refractivity (Wildman–Crippen MR) is 76.8 cm³/mol. The van der Waals surface area contributed by atoms with E-state index in [9.17, 15) is 0 Å². The fraction of sp³-hybridized carbons (Fsp3) is 0.643. The molecule has 1 rings (SSSR count). The Bertz CT molecular complexity index is 370. The number of pyridine rings is 1. The zero-order chi connectivity index (χ0) is 14.1. The van der Waals surface area contributed by atoms with Gasteiger partial charge in [-0.25, -0.2) is 0 Å². The average Bonchev–Trinajstić information content (AvgIpc) is 2.41. The minimum atomic E-state index is 0.697. The van der Waals surface area contributed by atoms with E-state index in [0.717, 1.165) is 31.0 Å². The molecule has 1 heterocycles. The van der Waals surface area contributed by atoms with Gasteiger partial charge in [0, 0.05) is 18.8 Å². The second kappa shape index (κ2) is 8.72. The molecule has 0 fully saturated rings. The Morgan fingerprint density at radius 2 is 2.00 bits per heavy atom. The number of hydrogen-bond donors (Lipinski definition) is 1. The van der Waals surface area contributed by atoms with Crippen LogP contribution in [0.15, 0.2) is 12.3 Å². The molecule has 0 aromatic carbocycles. The van der Waals surface area contributed by atoms with E-state index in [0.29, 0.717) is 12.3 Å². The van der Waals surface area contributed by atoms with Crippen LogP contribution in [0.5, 0.6) is 11.5 Å². The number of hydrogen-bond acceptors (Lipinski definition) is 5. The van der Waals surface area contributed by atoms with Crippen molar-refractivity contribution in [3.8, 4) is 11.5 Å². The van der Waals surface area contributed by atoms with Gasteiger partial charge in [0.15, 0.2) is 11.5 Å². The van der Waals surface area contributed by atoms with E-state index in [2.05, 4.69) is 29.3 Å². The molecule has 5 heteroatoms. The van der Waals surface area contributed by atoms with Crippen LogP contribution in [0.2, 0.25) is 0 Å². The van der Waals surface area contributed by atoms with Gasteiger partial charge in [0.1, 0.15) is 0 Å². The summed E-state index contributed by atoms with van der Waals surface area (Å²) in [6, 6.07) is 1.80. The van der Waals surface area contributed by atoms with Crippen molar-refractivity contribution in [3.63, 3.8) is 0 Å². The summed E-state index contributed by atoms with van der Waals surface area (Å²) < 4.78 is 10.6.